The van der Waals surface area contributed by atoms with Crippen molar-refractivity contribution < 1.29 is 14.6 Å². The van der Waals surface area contributed by atoms with E-state index in [4.69, 9.17) is 4.74 Å². The Kier molecular flexibility index (Phi) is 3.13. The number of carboxylic acid groups (broad SMARTS) is 1. The molecule has 0 radical (unpaired) electrons. The SMILES string of the molecule is CC1(C)CCC(CC2(C(=O)O)Cc3ccccc3C2)O1. The van der Waals surface area contributed by atoms with Crippen LogP contribution in [0.1, 0.15) is 44.2 Å². The third-order valence-electron chi connectivity index (χ3n) is 4.80. The van der Waals surface area contributed by atoms with Gasteiger partial charge >= 0.3 is 5.97 Å². The van der Waals surface area contributed by atoms with Crippen molar-refractivity contribution in [2.45, 2.75) is 57.7 Å². The molecule has 3 heteroatoms. The van der Waals surface area contributed by atoms with Crippen molar-refractivity contribution in [1.29, 1.82) is 0 Å². The van der Waals surface area contributed by atoms with Crippen LogP contribution in [0.4, 0.5) is 0 Å². The molecule has 1 heterocycles. The van der Waals surface area contributed by atoms with E-state index in [1.165, 1.54) is 11.1 Å². The highest BCUT2D eigenvalue weighted by Gasteiger charge is 2.47. The summed E-state index contributed by atoms with van der Waals surface area (Å²) in [4.78, 5) is 11.9. The van der Waals surface area contributed by atoms with Crippen molar-refractivity contribution in [3.05, 3.63) is 35.4 Å². The van der Waals surface area contributed by atoms with Crippen LogP contribution in [0, 0.1) is 5.41 Å². The summed E-state index contributed by atoms with van der Waals surface area (Å²) in [6, 6.07) is 8.09. The van der Waals surface area contributed by atoms with Crippen LogP contribution in [0.3, 0.4) is 0 Å². The Balaban J connectivity index is 1.80. The first kappa shape index (κ1) is 13.6. The van der Waals surface area contributed by atoms with Gasteiger partial charge in [-0.1, -0.05) is 24.3 Å². The molecular weight excluding hydrogens is 252 g/mol. The zero-order chi connectivity index (χ0) is 14.4. The molecule has 0 aromatic heterocycles. The number of fused-ring (bicyclic) bond motifs is 1. The maximum absolute atomic E-state index is 11.9. The van der Waals surface area contributed by atoms with Crippen LogP contribution in [-0.2, 0) is 22.4 Å². The molecule has 1 aromatic rings. The normalized spacial score (nSPS) is 26.4. The summed E-state index contributed by atoms with van der Waals surface area (Å²) in [5, 5.41) is 9.77. The molecule has 3 rings (SSSR count). The minimum absolute atomic E-state index is 0.0791. The van der Waals surface area contributed by atoms with Gasteiger partial charge in [-0.2, -0.15) is 0 Å². The van der Waals surface area contributed by atoms with E-state index in [0.29, 0.717) is 19.3 Å². The first-order chi connectivity index (χ1) is 9.40. The van der Waals surface area contributed by atoms with Gasteiger partial charge in [-0.05, 0) is 57.1 Å². The second-order valence-electron chi connectivity index (χ2n) is 6.95. The van der Waals surface area contributed by atoms with Crippen molar-refractivity contribution in [3.63, 3.8) is 0 Å². The molecule has 0 amide bonds. The zero-order valence-corrected chi connectivity index (χ0v) is 12.2. The van der Waals surface area contributed by atoms with Gasteiger partial charge in [0.15, 0.2) is 0 Å². The van der Waals surface area contributed by atoms with Crippen LogP contribution in [0.2, 0.25) is 0 Å². The third kappa shape index (κ3) is 2.35. The minimum Gasteiger partial charge on any atom is -0.481 e. The Morgan fingerprint density at radius 1 is 1.30 bits per heavy atom. The molecule has 3 nitrogen and oxygen atoms in total. The highest BCUT2D eigenvalue weighted by Crippen LogP contribution is 2.44. The van der Waals surface area contributed by atoms with E-state index in [2.05, 4.69) is 26.0 Å². The monoisotopic (exact) mass is 274 g/mol. The average molecular weight is 274 g/mol. The molecule has 1 aliphatic heterocycles. The van der Waals surface area contributed by atoms with Gasteiger partial charge in [-0.25, -0.2) is 0 Å². The number of ether oxygens (including phenoxy) is 1. The zero-order valence-electron chi connectivity index (χ0n) is 12.2. The fourth-order valence-corrected chi connectivity index (χ4v) is 3.73. The van der Waals surface area contributed by atoms with E-state index in [1.807, 2.05) is 12.1 Å². The van der Waals surface area contributed by atoms with Gasteiger partial charge in [0.25, 0.3) is 0 Å². The minimum atomic E-state index is -0.679. The molecule has 1 atom stereocenters. The number of rotatable bonds is 3. The van der Waals surface area contributed by atoms with Crippen LogP contribution >= 0.6 is 0 Å². The summed E-state index contributed by atoms with van der Waals surface area (Å²) < 4.78 is 6.02. The second kappa shape index (κ2) is 4.59. The standard InChI is InChI=1S/C17H22O3/c1-16(2)8-7-14(20-16)11-17(15(18)19)9-12-5-3-4-6-13(12)10-17/h3-6,14H,7-11H2,1-2H3,(H,18,19). The van der Waals surface area contributed by atoms with E-state index in [9.17, 15) is 9.90 Å². The van der Waals surface area contributed by atoms with E-state index < -0.39 is 11.4 Å². The Morgan fingerprint density at radius 3 is 2.35 bits per heavy atom. The number of carbonyl (C=O) groups is 1. The molecule has 0 spiro atoms. The lowest BCUT2D eigenvalue weighted by Gasteiger charge is -2.28. The molecule has 1 unspecified atom stereocenters. The highest BCUT2D eigenvalue weighted by molar-refractivity contribution is 5.77. The number of benzene rings is 1. The smallest absolute Gasteiger partial charge is 0.310 e. The summed E-state index contributed by atoms with van der Waals surface area (Å²) in [5.74, 6) is -0.679. The van der Waals surface area contributed by atoms with Gasteiger partial charge in [0.1, 0.15) is 0 Å². The lowest BCUT2D eigenvalue weighted by atomic mass is 9.79. The van der Waals surface area contributed by atoms with Crippen molar-refractivity contribution in [1.82, 2.24) is 0 Å². The Labute approximate surface area is 120 Å². The van der Waals surface area contributed by atoms with Crippen molar-refractivity contribution in [2.24, 2.45) is 5.41 Å². The van der Waals surface area contributed by atoms with Crippen molar-refractivity contribution >= 4 is 5.97 Å². The fraction of sp³-hybridized carbons (Fsp3) is 0.588. The maximum atomic E-state index is 11.9. The number of aliphatic carboxylic acids is 1. The largest absolute Gasteiger partial charge is 0.481 e. The summed E-state index contributed by atoms with van der Waals surface area (Å²) in [6.07, 6.45) is 3.96. The predicted molar refractivity (Wildman–Crippen MR) is 76.7 cm³/mol. The predicted octanol–water partition coefficient (Wildman–Crippen LogP) is 3.20. The molecule has 2 aliphatic rings. The van der Waals surface area contributed by atoms with Crippen LogP contribution in [0.5, 0.6) is 0 Å². The van der Waals surface area contributed by atoms with Gasteiger partial charge in [0.2, 0.25) is 0 Å². The van der Waals surface area contributed by atoms with E-state index in [1.54, 1.807) is 0 Å². The molecule has 1 N–H and O–H groups in total. The third-order valence-corrected chi connectivity index (χ3v) is 4.80. The number of hydrogen-bond acceptors (Lipinski definition) is 2. The molecule has 0 saturated carbocycles. The summed E-state index contributed by atoms with van der Waals surface area (Å²) >= 11 is 0. The van der Waals surface area contributed by atoms with Crippen molar-refractivity contribution in [2.75, 3.05) is 0 Å². The lowest BCUT2D eigenvalue weighted by Crippen LogP contribution is -2.36. The molecule has 0 bridgehead atoms. The van der Waals surface area contributed by atoms with Crippen molar-refractivity contribution in [3.8, 4) is 0 Å². The van der Waals surface area contributed by atoms with Gasteiger partial charge < -0.3 is 9.84 Å². The number of hydrogen-bond donors (Lipinski definition) is 1. The first-order valence-electron chi connectivity index (χ1n) is 7.38. The molecule has 108 valence electrons. The van der Waals surface area contributed by atoms with Crippen LogP contribution in [0.15, 0.2) is 24.3 Å². The average Bonchev–Trinajstić information content (AvgIpc) is 2.90. The second-order valence-corrected chi connectivity index (χ2v) is 6.95. The van der Waals surface area contributed by atoms with Gasteiger partial charge in [0, 0.05) is 0 Å². The topological polar surface area (TPSA) is 46.5 Å². The first-order valence-corrected chi connectivity index (χ1v) is 7.38. The maximum Gasteiger partial charge on any atom is 0.310 e. The van der Waals surface area contributed by atoms with Gasteiger partial charge in [-0.15, -0.1) is 0 Å². The fourth-order valence-electron chi connectivity index (χ4n) is 3.73. The highest BCUT2D eigenvalue weighted by atomic mass is 16.5. The Bertz CT molecular complexity index is 508. The van der Waals surface area contributed by atoms with E-state index in [0.717, 1.165) is 12.8 Å². The van der Waals surface area contributed by atoms with Gasteiger partial charge in [-0.3, -0.25) is 4.79 Å². The Morgan fingerprint density at radius 2 is 1.90 bits per heavy atom. The molecule has 1 fully saturated rings. The summed E-state index contributed by atoms with van der Waals surface area (Å²) in [6.45, 7) is 4.17. The number of carboxylic acids is 1. The lowest BCUT2D eigenvalue weighted by molar-refractivity contribution is -0.151. The molecule has 20 heavy (non-hydrogen) atoms. The van der Waals surface area contributed by atoms with Crippen LogP contribution < -0.4 is 0 Å². The molecule has 1 aliphatic carbocycles. The summed E-state index contributed by atoms with van der Waals surface area (Å²) in [7, 11) is 0. The van der Waals surface area contributed by atoms with Crippen LogP contribution in [-0.4, -0.2) is 22.8 Å². The Hall–Kier alpha value is -1.35. The van der Waals surface area contributed by atoms with E-state index >= 15 is 0 Å². The molecule has 1 aromatic carbocycles. The van der Waals surface area contributed by atoms with Crippen LogP contribution in [0.25, 0.3) is 0 Å². The van der Waals surface area contributed by atoms with Gasteiger partial charge in [0.05, 0.1) is 17.1 Å². The van der Waals surface area contributed by atoms with E-state index in [-0.39, 0.29) is 11.7 Å². The molecular formula is C17H22O3. The molecule has 1 saturated heterocycles. The quantitative estimate of drug-likeness (QED) is 0.920. The summed E-state index contributed by atoms with van der Waals surface area (Å²) in [5.41, 5.74) is 1.60.